The third-order valence-electron chi connectivity index (χ3n) is 2.03. The highest BCUT2D eigenvalue weighted by Crippen LogP contribution is 2.00. The first-order valence-corrected chi connectivity index (χ1v) is 4.08. The Morgan fingerprint density at radius 2 is 2.31 bits per heavy atom. The van der Waals surface area contributed by atoms with Gasteiger partial charge in [0.05, 0.1) is 0 Å². The van der Waals surface area contributed by atoms with Crippen LogP contribution in [0.1, 0.15) is 11.5 Å². The third-order valence-corrected chi connectivity index (χ3v) is 2.03. The molecule has 13 heavy (non-hydrogen) atoms. The topological polar surface area (TPSA) is 48.5 Å². The molecular formula is C8H11N5. The molecule has 0 N–H and O–H groups in total. The standard InChI is InChI=1S/C8H11N5/c1-7-3-4-10-13(7)5-8-11-9-6-12(8)2/h3-4,6H,5H2,1-2H3. The number of nitrogens with zero attached hydrogens (tertiary/aromatic N) is 5. The summed E-state index contributed by atoms with van der Waals surface area (Å²) < 4.78 is 3.78. The molecule has 2 rings (SSSR count). The van der Waals surface area contributed by atoms with Gasteiger partial charge in [0, 0.05) is 18.9 Å². The average molecular weight is 177 g/mol. The van der Waals surface area contributed by atoms with Gasteiger partial charge in [0.1, 0.15) is 12.9 Å². The van der Waals surface area contributed by atoms with E-state index in [1.54, 1.807) is 12.5 Å². The maximum Gasteiger partial charge on any atom is 0.154 e. The molecule has 68 valence electrons. The van der Waals surface area contributed by atoms with E-state index in [0.29, 0.717) is 6.54 Å². The molecule has 0 aliphatic rings. The monoisotopic (exact) mass is 177 g/mol. The van der Waals surface area contributed by atoms with Crippen molar-refractivity contribution in [2.24, 2.45) is 7.05 Å². The van der Waals surface area contributed by atoms with Crippen molar-refractivity contribution in [2.45, 2.75) is 13.5 Å². The highest BCUT2D eigenvalue weighted by Gasteiger charge is 2.03. The van der Waals surface area contributed by atoms with Gasteiger partial charge in [-0.2, -0.15) is 5.10 Å². The van der Waals surface area contributed by atoms with E-state index in [-0.39, 0.29) is 0 Å². The smallest absolute Gasteiger partial charge is 0.154 e. The van der Waals surface area contributed by atoms with Gasteiger partial charge in [0.15, 0.2) is 5.82 Å². The average Bonchev–Trinajstić information content (AvgIpc) is 2.65. The molecule has 0 aliphatic carbocycles. The highest BCUT2D eigenvalue weighted by atomic mass is 15.3. The Morgan fingerprint density at radius 1 is 1.46 bits per heavy atom. The van der Waals surface area contributed by atoms with Crippen molar-refractivity contribution in [1.29, 1.82) is 0 Å². The third kappa shape index (κ3) is 1.44. The van der Waals surface area contributed by atoms with Crippen LogP contribution in [0.3, 0.4) is 0 Å². The second-order valence-electron chi connectivity index (χ2n) is 2.99. The second-order valence-corrected chi connectivity index (χ2v) is 2.99. The summed E-state index contributed by atoms with van der Waals surface area (Å²) in [5, 5.41) is 12.0. The molecule has 0 unspecified atom stereocenters. The van der Waals surface area contributed by atoms with Gasteiger partial charge in [-0.15, -0.1) is 10.2 Å². The van der Waals surface area contributed by atoms with Gasteiger partial charge in [-0.1, -0.05) is 0 Å². The van der Waals surface area contributed by atoms with Crippen LogP contribution in [0, 0.1) is 6.92 Å². The van der Waals surface area contributed by atoms with E-state index in [0.717, 1.165) is 11.5 Å². The van der Waals surface area contributed by atoms with Gasteiger partial charge < -0.3 is 4.57 Å². The van der Waals surface area contributed by atoms with Crippen molar-refractivity contribution in [3.63, 3.8) is 0 Å². The van der Waals surface area contributed by atoms with Crippen molar-refractivity contribution < 1.29 is 0 Å². The zero-order chi connectivity index (χ0) is 9.26. The zero-order valence-corrected chi connectivity index (χ0v) is 7.68. The largest absolute Gasteiger partial charge is 0.319 e. The lowest BCUT2D eigenvalue weighted by atomic mass is 10.5. The summed E-state index contributed by atoms with van der Waals surface area (Å²) in [6, 6.07) is 1.97. The van der Waals surface area contributed by atoms with Gasteiger partial charge >= 0.3 is 0 Å². The van der Waals surface area contributed by atoms with Crippen LogP contribution in [0.2, 0.25) is 0 Å². The van der Waals surface area contributed by atoms with E-state index in [1.807, 2.05) is 29.3 Å². The van der Waals surface area contributed by atoms with E-state index in [9.17, 15) is 0 Å². The minimum atomic E-state index is 0.676. The summed E-state index contributed by atoms with van der Waals surface area (Å²) in [6.07, 6.45) is 3.47. The highest BCUT2D eigenvalue weighted by molar-refractivity contribution is 4.99. The predicted molar refractivity (Wildman–Crippen MR) is 47.1 cm³/mol. The molecular weight excluding hydrogens is 166 g/mol. The summed E-state index contributed by atoms with van der Waals surface area (Å²) in [4.78, 5) is 0. The lowest BCUT2D eigenvalue weighted by molar-refractivity contribution is 0.615. The van der Waals surface area contributed by atoms with Crippen molar-refractivity contribution in [2.75, 3.05) is 0 Å². The molecule has 0 spiro atoms. The number of aryl methyl sites for hydroxylation is 2. The van der Waals surface area contributed by atoms with E-state index >= 15 is 0 Å². The molecule has 0 saturated carbocycles. The summed E-state index contributed by atoms with van der Waals surface area (Å²) in [7, 11) is 1.92. The number of hydrogen-bond acceptors (Lipinski definition) is 3. The van der Waals surface area contributed by atoms with E-state index in [4.69, 9.17) is 0 Å². The first kappa shape index (κ1) is 7.97. The molecule has 5 heteroatoms. The summed E-state index contributed by atoms with van der Waals surface area (Å²) in [5.74, 6) is 0.909. The van der Waals surface area contributed by atoms with Crippen LogP contribution in [0.15, 0.2) is 18.6 Å². The minimum Gasteiger partial charge on any atom is -0.319 e. The number of hydrogen-bond donors (Lipinski definition) is 0. The Kier molecular flexibility index (Phi) is 1.84. The molecule has 0 bridgehead atoms. The van der Waals surface area contributed by atoms with Gasteiger partial charge in [-0.05, 0) is 13.0 Å². The number of rotatable bonds is 2. The zero-order valence-electron chi connectivity index (χ0n) is 7.68. The molecule has 0 saturated heterocycles. The maximum absolute atomic E-state index is 4.17. The van der Waals surface area contributed by atoms with Gasteiger partial charge in [0.2, 0.25) is 0 Å². The van der Waals surface area contributed by atoms with E-state index < -0.39 is 0 Å². The van der Waals surface area contributed by atoms with Crippen LogP contribution in [0.4, 0.5) is 0 Å². The molecule has 0 amide bonds. The Balaban J connectivity index is 2.24. The summed E-state index contributed by atoms with van der Waals surface area (Å²) >= 11 is 0. The van der Waals surface area contributed by atoms with Crippen LogP contribution in [0.5, 0.6) is 0 Å². The Bertz CT molecular complexity index is 362. The molecule has 0 aromatic carbocycles. The lowest BCUT2D eigenvalue weighted by Crippen LogP contribution is -2.08. The molecule has 0 aliphatic heterocycles. The first-order chi connectivity index (χ1) is 6.27. The lowest BCUT2D eigenvalue weighted by Gasteiger charge is -2.02. The fourth-order valence-corrected chi connectivity index (χ4v) is 1.15. The fourth-order valence-electron chi connectivity index (χ4n) is 1.15. The second kappa shape index (κ2) is 3.01. The predicted octanol–water partition coefficient (Wildman–Crippen LogP) is 0.368. The molecule has 0 atom stereocenters. The Hall–Kier alpha value is -1.65. The molecule has 2 aromatic heterocycles. The Labute approximate surface area is 76.0 Å². The molecule has 2 aromatic rings. The van der Waals surface area contributed by atoms with Crippen LogP contribution in [-0.4, -0.2) is 24.5 Å². The number of aromatic nitrogens is 5. The van der Waals surface area contributed by atoms with Crippen LogP contribution in [0.25, 0.3) is 0 Å². The Morgan fingerprint density at radius 3 is 2.85 bits per heavy atom. The molecule has 0 radical (unpaired) electrons. The normalized spacial score (nSPS) is 10.6. The van der Waals surface area contributed by atoms with Crippen LogP contribution >= 0.6 is 0 Å². The minimum absolute atomic E-state index is 0.676. The quantitative estimate of drug-likeness (QED) is 0.665. The van der Waals surface area contributed by atoms with Crippen molar-refractivity contribution in [3.8, 4) is 0 Å². The maximum atomic E-state index is 4.17. The molecule has 2 heterocycles. The van der Waals surface area contributed by atoms with E-state index in [1.165, 1.54) is 0 Å². The fraction of sp³-hybridized carbons (Fsp3) is 0.375. The van der Waals surface area contributed by atoms with E-state index in [2.05, 4.69) is 15.3 Å². The van der Waals surface area contributed by atoms with Gasteiger partial charge in [0.25, 0.3) is 0 Å². The molecule has 0 fully saturated rings. The van der Waals surface area contributed by atoms with Gasteiger partial charge in [-0.3, -0.25) is 4.68 Å². The van der Waals surface area contributed by atoms with Crippen molar-refractivity contribution >= 4 is 0 Å². The summed E-state index contributed by atoms with van der Waals surface area (Å²) in [5.41, 5.74) is 1.13. The van der Waals surface area contributed by atoms with Crippen LogP contribution < -0.4 is 0 Å². The van der Waals surface area contributed by atoms with Crippen LogP contribution in [-0.2, 0) is 13.6 Å². The van der Waals surface area contributed by atoms with Crippen molar-refractivity contribution in [1.82, 2.24) is 24.5 Å². The molecule has 5 nitrogen and oxygen atoms in total. The van der Waals surface area contributed by atoms with Crippen molar-refractivity contribution in [3.05, 3.63) is 30.1 Å². The summed E-state index contributed by atoms with van der Waals surface area (Å²) in [6.45, 7) is 2.69. The SMILES string of the molecule is Cc1ccnn1Cc1nncn1C. The van der Waals surface area contributed by atoms with Gasteiger partial charge in [-0.25, -0.2) is 0 Å². The first-order valence-electron chi connectivity index (χ1n) is 4.08.